The lowest BCUT2D eigenvalue weighted by atomic mass is 10.1. The standard InChI is InChI=1S/C12H11N3O2S/c13-8-10-2-4-11(5-3-10)12(18(16)17)9-15-7-1-6-14-15/h1-7,12H,9H2,(H,16,17)/p-1. The molecule has 0 aliphatic carbocycles. The monoisotopic (exact) mass is 260 g/mol. The second-order valence-corrected chi connectivity index (χ2v) is 4.80. The summed E-state index contributed by atoms with van der Waals surface area (Å²) in [6, 6.07) is 10.3. The van der Waals surface area contributed by atoms with Crippen LogP contribution in [0.1, 0.15) is 16.4 Å². The fourth-order valence-corrected chi connectivity index (χ4v) is 2.28. The summed E-state index contributed by atoms with van der Waals surface area (Å²) >= 11 is -2.24. The largest absolute Gasteiger partial charge is 0.772 e. The van der Waals surface area contributed by atoms with Gasteiger partial charge in [0.15, 0.2) is 0 Å². The van der Waals surface area contributed by atoms with E-state index < -0.39 is 16.3 Å². The van der Waals surface area contributed by atoms with Gasteiger partial charge in [-0.15, -0.1) is 0 Å². The first-order valence-electron chi connectivity index (χ1n) is 5.26. The van der Waals surface area contributed by atoms with Crippen LogP contribution in [0.15, 0.2) is 42.7 Å². The summed E-state index contributed by atoms with van der Waals surface area (Å²) in [6.07, 6.45) is 3.31. The van der Waals surface area contributed by atoms with E-state index in [1.54, 1.807) is 47.4 Å². The minimum atomic E-state index is -2.24. The van der Waals surface area contributed by atoms with E-state index in [9.17, 15) is 8.76 Å². The smallest absolute Gasteiger partial charge is 0.0991 e. The second kappa shape index (κ2) is 5.58. The summed E-state index contributed by atoms with van der Waals surface area (Å²) in [4.78, 5) is 0. The molecule has 0 saturated heterocycles. The lowest BCUT2D eigenvalue weighted by molar-refractivity contribution is 0.500. The van der Waals surface area contributed by atoms with E-state index in [1.807, 2.05) is 6.07 Å². The first-order chi connectivity index (χ1) is 8.70. The van der Waals surface area contributed by atoms with E-state index >= 15 is 0 Å². The average Bonchev–Trinajstić information content (AvgIpc) is 2.89. The van der Waals surface area contributed by atoms with Crippen LogP contribution in [-0.2, 0) is 17.6 Å². The summed E-state index contributed by atoms with van der Waals surface area (Å²) in [5.74, 6) is 0. The number of hydrogen-bond acceptors (Lipinski definition) is 4. The molecule has 2 rings (SSSR count). The highest BCUT2D eigenvalue weighted by molar-refractivity contribution is 7.79. The van der Waals surface area contributed by atoms with Crippen molar-refractivity contribution in [3.05, 3.63) is 53.9 Å². The Labute approximate surface area is 107 Å². The fraction of sp³-hybridized carbons (Fsp3) is 0.167. The van der Waals surface area contributed by atoms with Crippen LogP contribution in [0.5, 0.6) is 0 Å². The van der Waals surface area contributed by atoms with Crippen LogP contribution in [0.2, 0.25) is 0 Å². The zero-order valence-corrected chi connectivity index (χ0v) is 10.2. The molecule has 1 heterocycles. The molecule has 0 radical (unpaired) electrons. The highest BCUT2D eigenvalue weighted by atomic mass is 32.2. The molecule has 2 aromatic rings. The molecule has 92 valence electrons. The topological polar surface area (TPSA) is 81.7 Å². The molecule has 1 aromatic carbocycles. The number of benzene rings is 1. The Balaban J connectivity index is 2.24. The molecule has 0 aliphatic heterocycles. The second-order valence-electron chi connectivity index (χ2n) is 3.71. The van der Waals surface area contributed by atoms with Crippen molar-refractivity contribution in [2.75, 3.05) is 0 Å². The molecule has 0 saturated carbocycles. The van der Waals surface area contributed by atoms with Crippen LogP contribution >= 0.6 is 0 Å². The van der Waals surface area contributed by atoms with Gasteiger partial charge in [0.1, 0.15) is 0 Å². The average molecular weight is 260 g/mol. The molecule has 1 aromatic heterocycles. The first kappa shape index (κ1) is 12.5. The Morgan fingerprint density at radius 2 is 2.17 bits per heavy atom. The van der Waals surface area contributed by atoms with Crippen molar-refractivity contribution in [2.24, 2.45) is 0 Å². The third-order valence-electron chi connectivity index (χ3n) is 2.56. The van der Waals surface area contributed by atoms with Gasteiger partial charge in [0.25, 0.3) is 0 Å². The number of nitriles is 1. The van der Waals surface area contributed by atoms with Crippen molar-refractivity contribution in [3.8, 4) is 6.07 Å². The van der Waals surface area contributed by atoms with Gasteiger partial charge in [-0.05, 0) is 34.8 Å². The third kappa shape index (κ3) is 2.83. The van der Waals surface area contributed by atoms with Crippen molar-refractivity contribution in [1.29, 1.82) is 5.26 Å². The number of aromatic nitrogens is 2. The van der Waals surface area contributed by atoms with Crippen molar-refractivity contribution in [3.63, 3.8) is 0 Å². The molecule has 2 unspecified atom stereocenters. The molecule has 5 nitrogen and oxygen atoms in total. The van der Waals surface area contributed by atoms with Crippen LogP contribution in [0.4, 0.5) is 0 Å². The van der Waals surface area contributed by atoms with Crippen LogP contribution in [0.3, 0.4) is 0 Å². The SMILES string of the molecule is N#Cc1ccc(C(Cn2cccn2)S(=O)[O-])cc1. The summed E-state index contributed by atoms with van der Waals surface area (Å²) in [6.45, 7) is 0.259. The van der Waals surface area contributed by atoms with E-state index in [0.717, 1.165) is 0 Å². The lowest BCUT2D eigenvalue weighted by Crippen LogP contribution is -2.14. The van der Waals surface area contributed by atoms with Gasteiger partial charge in [-0.2, -0.15) is 10.4 Å². The maximum atomic E-state index is 11.3. The summed E-state index contributed by atoms with van der Waals surface area (Å²) < 4.78 is 24.1. The van der Waals surface area contributed by atoms with Crippen LogP contribution < -0.4 is 0 Å². The molecule has 0 bridgehead atoms. The summed E-state index contributed by atoms with van der Waals surface area (Å²) in [5.41, 5.74) is 1.16. The van der Waals surface area contributed by atoms with Gasteiger partial charge in [-0.1, -0.05) is 12.1 Å². The van der Waals surface area contributed by atoms with E-state index in [4.69, 9.17) is 5.26 Å². The van der Waals surface area contributed by atoms with Gasteiger partial charge in [-0.25, -0.2) is 0 Å². The number of rotatable bonds is 4. The van der Waals surface area contributed by atoms with E-state index in [0.29, 0.717) is 11.1 Å². The minimum Gasteiger partial charge on any atom is -0.772 e. The summed E-state index contributed by atoms with van der Waals surface area (Å²) in [5, 5.41) is 12.0. The Hall–Kier alpha value is -1.97. The number of hydrogen-bond donors (Lipinski definition) is 0. The molecule has 6 heteroatoms. The molecule has 2 atom stereocenters. The maximum Gasteiger partial charge on any atom is 0.0991 e. The molecule has 0 N–H and O–H groups in total. The molecular formula is C12H10N3O2S-. The predicted molar refractivity (Wildman–Crippen MR) is 65.0 cm³/mol. The molecule has 18 heavy (non-hydrogen) atoms. The Morgan fingerprint density at radius 3 is 2.67 bits per heavy atom. The molecular weight excluding hydrogens is 250 g/mol. The Bertz CT molecular complexity index is 572. The fourth-order valence-electron chi connectivity index (χ4n) is 1.63. The first-order valence-corrected chi connectivity index (χ1v) is 6.40. The van der Waals surface area contributed by atoms with Crippen molar-refractivity contribution < 1.29 is 8.76 Å². The predicted octanol–water partition coefficient (Wildman–Crippen LogP) is 1.38. The normalized spacial score (nSPS) is 13.8. The van der Waals surface area contributed by atoms with Gasteiger partial charge >= 0.3 is 0 Å². The summed E-state index contributed by atoms with van der Waals surface area (Å²) in [7, 11) is 0. The van der Waals surface area contributed by atoms with Gasteiger partial charge in [0, 0.05) is 12.4 Å². The van der Waals surface area contributed by atoms with Crippen molar-refractivity contribution >= 4 is 11.1 Å². The quantitative estimate of drug-likeness (QED) is 0.777. The molecule has 0 spiro atoms. The zero-order chi connectivity index (χ0) is 13.0. The van der Waals surface area contributed by atoms with Gasteiger partial charge < -0.3 is 4.55 Å². The van der Waals surface area contributed by atoms with Gasteiger partial charge in [0.05, 0.1) is 23.4 Å². The van der Waals surface area contributed by atoms with Crippen LogP contribution in [0, 0.1) is 11.3 Å². The number of nitrogens with zero attached hydrogens (tertiary/aromatic N) is 3. The highest BCUT2D eigenvalue weighted by Crippen LogP contribution is 2.21. The van der Waals surface area contributed by atoms with Gasteiger partial charge in [-0.3, -0.25) is 8.89 Å². The zero-order valence-electron chi connectivity index (χ0n) is 9.39. The van der Waals surface area contributed by atoms with Crippen molar-refractivity contribution in [2.45, 2.75) is 11.8 Å². The van der Waals surface area contributed by atoms with Gasteiger partial charge in [0.2, 0.25) is 0 Å². The minimum absolute atomic E-state index is 0.259. The lowest BCUT2D eigenvalue weighted by Gasteiger charge is -2.20. The van der Waals surface area contributed by atoms with E-state index in [1.165, 1.54) is 0 Å². The van der Waals surface area contributed by atoms with Crippen LogP contribution in [0.25, 0.3) is 0 Å². The molecule has 0 fully saturated rings. The highest BCUT2D eigenvalue weighted by Gasteiger charge is 2.13. The molecule has 0 aliphatic rings. The third-order valence-corrected chi connectivity index (χ3v) is 3.44. The molecule has 0 amide bonds. The Morgan fingerprint density at radius 1 is 1.44 bits per heavy atom. The van der Waals surface area contributed by atoms with Crippen molar-refractivity contribution in [1.82, 2.24) is 9.78 Å². The maximum absolute atomic E-state index is 11.3. The van der Waals surface area contributed by atoms with E-state index in [2.05, 4.69) is 5.10 Å². The Kier molecular flexibility index (Phi) is 3.87. The van der Waals surface area contributed by atoms with Crippen LogP contribution in [-0.4, -0.2) is 18.5 Å². The van der Waals surface area contributed by atoms with E-state index in [-0.39, 0.29) is 6.54 Å².